The fourth-order valence-corrected chi connectivity index (χ4v) is 1.85. The second-order valence-corrected chi connectivity index (χ2v) is 5.71. The zero-order valence-corrected chi connectivity index (χ0v) is 14.1. The Bertz CT molecular complexity index is 772. The molecule has 7 heteroatoms. The molecule has 1 aromatic carbocycles. The van der Waals surface area contributed by atoms with E-state index in [4.69, 9.17) is 14.7 Å². The molecule has 1 N–H and O–H groups in total. The van der Waals surface area contributed by atoms with Crippen LogP contribution in [0.3, 0.4) is 0 Å². The molecule has 1 heterocycles. The van der Waals surface area contributed by atoms with Crippen LogP contribution in [0.5, 0.6) is 11.6 Å². The Balaban J connectivity index is 2.36. The van der Waals surface area contributed by atoms with E-state index >= 15 is 0 Å². The van der Waals surface area contributed by atoms with Gasteiger partial charge in [-0.3, -0.25) is 0 Å². The molecule has 24 heavy (non-hydrogen) atoms. The van der Waals surface area contributed by atoms with Crippen LogP contribution in [0.15, 0.2) is 24.5 Å². The first-order valence-electron chi connectivity index (χ1n) is 7.45. The molecule has 0 bridgehead atoms. The Morgan fingerprint density at radius 1 is 1.33 bits per heavy atom. The molecule has 6 nitrogen and oxygen atoms in total. The number of hydrogen-bond acceptors (Lipinski definition) is 6. The molecule has 0 saturated heterocycles. The van der Waals surface area contributed by atoms with Crippen molar-refractivity contribution in [2.45, 2.75) is 32.8 Å². The highest BCUT2D eigenvalue weighted by atomic mass is 19.1. The van der Waals surface area contributed by atoms with Crippen molar-refractivity contribution in [2.75, 3.05) is 12.4 Å². The molecular formula is C17H19FN4O2. The average Bonchev–Trinajstić information content (AvgIpc) is 2.56. The monoisotopic (exact) mass is 330 g/mol. The number of methoxy groups -OCH3 is 1. The van der Waals surface area contributed by atoms with Crippen LogP contribution in [0.2, 0.25) is 0 Å². The summed E-state index contributed by atoms with van der Waals surface area (Å²) in [6, 6.07) is 6.01. The highest BCUT2D eigenvalue weighted by Crippen LogP contribution is 2.35. The lowest BCUT2D eigenvalue weighted by Crippen LogP contribution is -2.27. The Morgan fingerprint density at radius 3 is 2.67 bits per heavy atom. The minimum atomic E-state index is -0.564. The first-order valence-corrected chi connectivity index (χ1v) is 7.45. The molecular weight excluding hydrogens is 311 g/mol. The summed E-state index contributed by atoms with van der Waals surface area (Å²) < 4.78 is 25.3. The van der Waals surface area contributed by atoms with E-state index in [1.54, 1.807) is 0 Å². The van der Waals surface area contributed by atoms with Crippen LogP contribution >= 0.6 is 0 Å². The van der Waals surface area contributed by atoms with E-state index in [2.05, 4.69) is 15.3 Å². The van der Waals surface area contributed by atoms with Gasteiger partial charge in [-0.2, -0.15) is 10.2 Å². The van der Waals surface area contributed by atoms with Crippen molar-refractivity contribution in [3.8, 4) is 17.7 Å². The predicted molar refractivity (Wildman–Crippen MR) is 88.0 cm³/mol. The van der Waals surface area contributed by atoms with Gasteiger partial charge < -0.3 is 14.8 Å². The topological polar surface area (TPSA) is 80.1 Å². The minimum Gasteiger partial charge on any atom is -0.489 e. The maximum atomic E-state index is 14.1. The Hall–Kier alpha value is -2.88. The second kappa shape index (κ2) is 7.13. The Kier molecular flexibility index (Phi) is 5.19. The van der Waals surface area contributed by atoms with Gasteiger partial charge in [0.15, 0.2) is 5.82 Å². The molecule has 0 aliphatic rings. The highest BCUT2D eigenvalue weighted by molar-refractivity contribution is 5.65. The standard InChI is InChI=1S/C17H19FN4O2/c1-5-17(2,3)24-16-14(23-4)15(20-10-21-16)22-13-7-6-11(9-19)8-12(13)18/h6-8,10H,5H2,1-4H3,(H,20,21,22). The summed E-state index contributed by atoms with van der Waals surface area (Å²) in [7, 11) is 1.46. The lowest BCUT2D eigenvalue weighted by atomic mass is 10.1. The fraction of sp³-hybridized carbons (Fsp3) is 0.353. The maximum absolute atomic E-state index is 14.1. The third-order valence-corrected chi connectivity index (χ3v) is 3.55. The molecule has 0 spiro atoms. The van der Waals surface area contributed by atoms with Crippen LogP contribution in [0, 0.1) is 17.1 Å². The molecule has 0 aliphatic carbocycles. The number of nitriles is 1. The zero-order valence-electron chi connectivity index (χ0n) is 14.1. The highest BCUT2D eigenvalue weighted by Gasteiger charge is 2.23. The van der Waals surface area contributed by atoms with Crippen molar-refractivity contribution < 1.29 is 13.9 Å². The Morgan fingerprint density at radius 2 is 2.08 bits per heavy atom. The van der Waals surface area contributed by atoms with Crippen LogP contribution in [-0.2, 0) is 0 Å². The second-order valence-electron chi connectivity index (χ2n) is 5.71. The number of nitrogens with one attached hydrogen (secondary N) is 1. The molecule has 126 valence electrons. The van der Waals surface area contributed by atoms with Gasteiger partial charge in [0.05, 0.1) is 24.4 Å². The minimum absolute atomic E-state index is 0.173. The zero-order chi connectivity index (χ0) is 17.7. The molecule has 0 atom stereocenters. The fourth-order valence-electron chi connectivity index (χ4n) is 1.85. The number of hydrogen-bond donors (Lipinski definition) is 1. The molecule has 2 aromatic rings. The first-order chi connectivity index (χ1) is 11.4. The van der Waals surface area contributed by atoms with Gasteiger partial charge in [0, 0.05) is 0 Å². The van der Waals surface area contributed by atoms with Crippen LogP contribution in [-0.4, -0.2) is 22.7 Å². The summed E-state index contributed by atoms with van der Waals surface area (Å²) in [4.78, 5) is 8.19. The van der Waals surface area contributed by atoms with Crippen LogP contribution in [0.1, 0.15) is 32.8 Å². The smallest absolute Gasteiger partial charge is 0.263 e. The van der Waals surface area contributed by atoms with Crippen molar-refractivity contribution in [3.63, 3.8) is 0 Å². The van der Waals surface area contributed by atoms with Crippen molar-refractivity contribution in [2.24, 2.45) is 0 Å². The summed E-state index contributed by atoms with van der Waals surface area (Å²) in [5.74, 6) is 0.266. The molecule has 0 amide bonds. The molecule has 1 aromatic heterocycles. The van der Waals surface area contributed by atoms with Gasteiger partial charge in [-0.05, 0) is 38.5 Å². The SMILES string of the molecule is CCC(C)(C)Oc1ncnc(Nc2ccc(C#N)cc2F)c1OC. The summed E-state index contributed by atoms with van der Waals surface area (Å²) in [5.41, 5.74) is -0.0216. The molecule has 0 saturated carbocycles. The van der Waals surface area contributed by atoms with E-state index < -0.39 is 11.4 Å². The largest absolute Gasteiger partial charge is 0.489 e. The molecule has 0 fully saturated rings. The number of ether oxygens (including phenoxy) is 2. The van der Waals surface area contributed by atoms with Gasteiger partial charge in [0.2, 0.25) is 5.75 Å². The third-order valence-electron chi connectivity index (χ3n) is 3.55. The van der Waals surface area contributed by atoms with Crippen molar-refractivity contribution in [3.05, 3.63) is 35.9 Å². The Labute approximate surface area is 140 Å². The molecule has 0 radical (unpaired) electrons. The van der Waals surface area contributed by atoms with Gasteiger partial charge in [-0.25, -0.2) is 9.37 Å². The van der Waals surface area contributed by atoms with Gasteiger partial charge in [0.1, 0.15) is 17.7 Å². The summed E-state index contributed by atoms with van der Waals surface area (Å²) in [6.45, 7) is 5.86. The van der Waals surface area contributed by atoms with Crippen LogP contribution < -0.4 is 14.8 Å². The van der Waals surface area contributed by atoms with E-state index in [-0.39, 0.29) is 28.7 Å². The van der Waals surface area contributed by atoms with Gasteiger partial charge in [-0.1, -0.05) is 6.92 Å². The number of rotatable bonds is 6. The number of halogens is 1. The summed E-state index contributed by atoms with van der Waals surface area (Å²) >= 11 is 0. The van der Waals surface area contributed by atoms with Gasteiger partial charge in [-0.15, -0.1) is 0 Å². The van der Waals surface area contributed by atoms with Crippen LogP contribution in [0.4, 0.5) is 15.9 Å². The summed E-state index contributed by atoms with van der Waals surface area (Å²) in [5, 5.41) is 11.6. The lowest BCUT2D eigenvalue weighted by molar-refractivity contribution is 0.0943. The molecule has 0 unspecified atom stereocenters. The number of nitrogens with zero attached hydrogens (tertiary/aromatic N) is 3. The van der Waals surface area contributed by atoms with Crippen molar-refractivity contribution >= 4 is 11.5 Å². The average molecular weight is 330 g/mol. The van der Waals surface area contributed by atoms with E-state index in [0.29, 0.717) is 0 Å². The third kappa shape index (κ3) is 3.90. The van der Waals surface area contributed by atoms with E-state index in [1.807, 2.05) is 26.8 Å². The van der Waals surface area contributed by atoms with E-state index in [9.17, 15) is 4.39 Å². The summed E-state index contributed by atoms with van der Waals surface area (Å²) in [6.07, 6.45) is 2.08. The quantitative estimate of drug-likeness (QED) is 0.867. The van der Waals surface area contributed by atoms with Crippen LogP contribution in [0.25, 0.3) is 0 Å². The number of anilines is 2. The van der Waals surface area contributed by atoms with E-state index in [0.717, 1.165) is 12.5 Å². The lowest BCUT2D eigenvalue weighted by Gasteiger charge is -2.25. The normalized spacial score (nSPS) is 10.8. The maximum Gasteiger partial charge on any atom is 0.263 e. The number of aromatic nitrogens is 2. The molecule has 2 rings (SSSR count). The predicted octanol–water partition coefficient (Wildman–Crippen LogP) is 3.81. The van der Waals surface area contributed by atoms with Gasteiger partial charge in [0.25, 0.3) is 5.88 Å². The van der Waals surface area contributed by atoms with E-state index in [1.165, 1.54) is 25.6 Å². The molecule has 0 aliphatic heterocycles. The van der Waals surface area contributed by atoms with Crippen molar-refractivity contribution in [1.82, 2.24) is 9.97 Å². The van der Waals surface area contributed by atoms with Crippen molar-refractivity contribution in [1.29, 1.82) is 5.26 Å². The first kappa shape index (κ1) is 17.5. The van der Waals surface area contributed by atoms with Gasteiger partial charge >= 0.3 is 0 Å². The number of benzene rings is 1.